The van der Waals surface area contributed by atoms with Crippen LogP contribution >= 0.6 is 36.4 Å². The molecule has 0 spiro atoms. The van der Waals surface area contributed by atoms with Gasteiger partial charge < -0.3 is 0 Å². The lowest BCUT2D eigenvalue weighted by atomic mass is 10.2. The molecule has 0 amide bonds. The first-order valence-electron chi connectivity index (χ1n) is 2.94. The number of benzene rings is 1. The summed E-state index contributed by atoms with van der Waals surface area (Å²) < 4.78 is 0. The molecule has 0 aliphatic heterocycles. The summed E-state index contributed by atoms with van der Waals surface area (Å²) in [4.78, 5) is 10.5. The Kier molecular flexibility index (Phi) is 7.64. The van der Waals surface area contributed by atoms with Crippen molar-refractivity contribution in [2.24, 2.45) is 0 Å². The monoisotopic (exact) mass is 237 g/mol. The van der Waals surface area contributed by atoms with Crippen molar-refractivity contribution in [2.75, 3.05) is 0 Å². The first-order chi connectivity index (χ1) is 5.24. The molecule has 0 saturated heterocycles. The van der Waals surface area contributed by atoms with E-state index >= 15 is 0 Å². The van der Waals surface area contributed by atoms with Crippen LogP contribution in [-0.4, -0.2) is 5.24 Å². The van der Waals surface area contributed by atoms with Crippen LogP contribution in [0.2, 0.25) is 0 Å². The second-order valence-electron chi connectivity index (χ2n) is 1.96. The van der Waals surface area contributed by atoms with E-state index in [1.54, 1.807) is 12.1 Å². The Morgan fingerprint density at radius 1 is 1.23 bits per heavy atom. The fourth-order valence-electron chi connectivity index (χ4n) is 0.676. The topological polar surface area (TPSA) is 40.9 Å². The van der Waals surface area contributed by atoms with Gasteiger partial charge >= 0.3 is 0 Å². The number of rotatable bonds is 1. The minimum atomic E-state index is -0.505. The molecule has 1 aromatic rings. The van der Waals surface area contributed by atoms with E-state index in [0.29, 0.717) is 11.1 Å². The molecule has 0 bridgehead atoms. The molecule has 2 nitrogen and oxygen atoms in total. The Morgan fingerprint density at radius 3 is 2.00 bits per heavy atom. The molecule has 0 N–H and O–H groups in total. The first-order valence-corrected chi connectivity index (χ1v) is 3.32. The largest absolute Gasteiger partial charge is 0.276 e. The molecule has 0 aromatic heterocycles. The summed E-state index contributed by atoms with van der Waals surface area (Å²) in [6.45, 7) is 0. The summed E-state index contributed by atoms with van der Waals surface area (Å²) >= 11 is 5.18. The molecular weight excluding hydrogens is 232 g/mol. The maximum Gasteiger partial charge on any atom is 0.252 e. The standard InChI is InChI=1S/C8H4ClNO.2ClH/c9-8(11)7-3-1-6(5-10)2-4-7;;/h1-4H;2*1H. The van der Waals surface area contributed by atoms with Crippen molar-refractivity contribution in [3.8, 4) is 6.07 Å². The number of hydrogen-bond donors (Lipinski definition) is 0. The third kappa shape index (κ3) is 4.14. The van der Waals surface area contributed by atoms with E-state index in [1.165, 1.54) is 12.1 Å². The summed E-state index contributed by atoms with van der Waals surface area (Å²) in [5, 5.41) is 7.89. The van der Waals surface area contributed by atoms with Gasteiger partial charge in [0.05, 0.1) is 11.6 Å². The first kappa shape index (κ1) is 14.8. The van der Waals surface area contributed by atoms with Crippen LogP contribution in [0.5, 0.6) is 0 Å². The molecule has 0 unspecified atom stereocenters. The quantitative estimate of drug-likeness (QED) is 0.706. The molecular formula is C8H6Cl3NO. The van der Waals surface area contributed by atoms with Crippen LogP contribution in [0.25, 0.3) is 0 Å². The van der Waals surface area contributed by atoms with Crippen LogP contribution < -0.4 is 0 Å². The van der Waals surface area contributed by atoms with Gasteiger partial charge in [-0.05, 0) is 35.9 Å². The smallest absolute Gasteiger partial charge is 0.252 e. The molecule has 0 aliphatic carbocycles. The second kappa shape index (κ2) is 6.73. The highest BCUT2D eigenvalue weighted by Crippen LogP contribution is 2.05. The van der Waals surface area contributed by atoms with Crippen LogP contribution in [0.15, 0.2) is 24.3 Å². The average molecular weight is 239 g/mol. The number of carbonyl (C=O) groups is 1. The zero-order valence-electron chi connectivity index (χ0n) is 6.36. The van der Waals surface area contributed by atoms with E-state index in [9.17, 15) is 4.79 Å². The van der Waals surface area contributed by atoms with E-state index < -0.39 is 5.24 Å². The normalized spacial score (nSPS) is 7.38. The predicted octanol–water partition coefficient (Wildman–Crippen LogP) is 2.78. The molecule has 0 radical (unpaired) electrons. The van der Waals surface area contributed by atoms with Gasteiger partial charge in [0.25, 0.3) is 5.24 Å². The molecule has 0 heterocycles. The van der Waals surface area contributed by atoms with E-state index in [0.717, 1.165) is 0 Å². The summed E-state index contributed by atoms with van der Waals surface area (Å²) in [7, 11) is 0. The van der Waals surface area contributed by atoms with E-state index in [1.807, 2.05) is 6.07 Å². The van der Waals surface area contributed by atoms with Gasteiger partial charge in [0.15, 0.2) is 0 Å². The lowest BCUT2D eigenvalue weighted by Gasteiger charge is -1.91. The summed E-state index contributed by atoms with van der Waals surface area (Å²) in [5.41, 5.74) is 0.928. The molecule has 5 heteroatoms. The summed E-state index contributed by atoms with van der Waals surface area (Å²) in [6.07, 6.45) is 0. The highest BCUT2D eigenvalue weighted by atomic mass is 35.5. The Hall–Kier alpha value is -0.750. The Bertz CT molecular complexity index is 315. The van der Waals surface area contributed by atoms with Gasteiger partial charge in [-0.15, -0.1) is 24.8 Å². The van der Waals surface area contributed by atoms with Crippen molar-refractivity contribution in [1.29, 1.82) is 5.26 Å². The maximum atomic E-state index is 10.5. The minimum absolute atomic E-state index is 0. The van der Waals surface area contributed by atoms with Gasteiger partial charge in [0.1, 0.15) is 0 Å². The lowest BCUT2D eigenvalue weighted by molar-refractivity contribution is 0.108. The Labute approximate surface area is 93.3 Å². The molecule has 13 heavy (non-hydrogen) atoms. The SMILES string of the molecule is Cl.Cl.N#Cc1ccc(C(=O)Cl)cc1. The number of nitriles is 1. The summed E-state index contributed by atoms with van der Waals surface area (Å²) in [6, 6.07) is 8.08. The van der Waals surface area contributed by atoms with Gasteiger partial charge in [-0.2, -0.15) is 5.26 Å². The van der Waals surface area contributed by atoms with Crippen molar-refractivity contribution < 1.29 is 4.79 Å². The maximum absolute atomic E-state index is 10.5. The van der Waals surface area contributed by atoms with Gasteiger partial charge in [-0.3, -0.25) is 4.79 Å². The fourth-order valence-corrected chi connectivity index (χ4v) is 0.802. The zero-order valence-corrected chi connectivity index (χ0v) is 8.75. The molecule has 1 aromatic carbocycles. The fraction of sp³-hybridized carbons (Fsp3) is 0. The minimum Gasteiger partial charge on any atom is -0.276 e. The highest BCUT2D eigenvalue weighted by molar-refractivity contribution is 6.67. The van der Waals surface area contributed by atoms with Crippen LogP contribution in [0.1, 0.15) is 15.9 Å². The van der Waals surface area contributed by atoms with Crippen LogP contribution in [0.4, 0.5) is 0 Å². The zero-order chi connectivity index (χ0) is 8.27. The van der Waals surface area contributed by atoms with E-state index in [2.05, 4.69) is 0 Å². The molecule has 1 rings (SSSR count). The van der Waals surface area contributed by atoms with Gasteiger partial charge in [0, 0.05) is 5.56 Å². The third-order valence-corrected chi connectivity index (χ3v) is 1.46. The highest BCUT2D eigenvalue weighted by Gasteiger charge is 1.99. The van der Waals surface area contributed by atoms with Crippen LogP contribution in [0, 0.1) is 11.3 Å². The lowest BCUT2D eigenvalue weighted by Crippen LogP contribution is -1.87. The molecule has 0 atom stereocenters. The average Bonchev–Trinajstić information content (AvgIpc) is 2.05. The van der Waals surface area contributed by atoms with E-state index in [-0.39, 0.29) is 24.8 Å². The number of hydrogen-bond acceptors (Lipinski definition) is 2. The Morgan fingerprint density at radius 2 is 1.69 bits per heavy atom. The van der Waals surface area contributed by atoms with Crippen molar-refractivity contribution >= 4 is 41.7 Å². The van der Waals surface area contributed by atoms with Crippen LogP contribution in [0.3, 0.4) is 0 Å². The van der Waals surface area contributed by atoms with Crippen molar-refractivity contribution in [2.45, 2.75) is 0 Å². The van der Waals surface area contributed by atoms with Gasteiger partial charge in [0.2, 0.25) is 0 Å². The van der Waals surface area contributed by atoms with Gasteiger partial charge in [-0.1, -0.05) is 0 Å². The number of carbonyl (C=O) groups excluding carboxylic acids is 1. The Balaban J connectivity index is 0. The number of halogens is 3. The summed E-state index contributed by atoms with van der Waals surface area (Å²) in [5.74, 6) is 0. The molecule has 0 saturated carbocycles. The third-order valence-electron chi connectivity index (χ3n) is 1.24. The van der Waals surface area contributed by atoms with E-state index in [4.69, 9.17) is 16.9 Å². The predicted molar refractivity (Wildman–Crippen MR) is 55.8 cm³/mol. The van der Waals surface area contributed by atoms with Crippen LogP contribution in [-0.2, 0) is 0 Å². The number of nitrogens with zero attached hydrogens (tertiary/aromatic N) is 1. The second-order valence-corrected chi connectivity index (χ2v) is 2.31. The molecule has 0 aliphatic rings. The molecule has 70 valence electrons. The van der Waals surface area contributed by atoms with Gasteiger partial charge in [-0.25, -0.2) is 0 Å². The van der Waals surface area contributed by atoms with Crippen molar-refractivity contribution in [3.63, 3.8) is 0 Å². The molecule has 0 fully saturated rings. The van der Waals surface area contributed by atoms with Crippen molar-refractivity contribution in [1.82, 2.24) is 0 Å². The van der Waals surface area contributed by atoms with Crippen molar-refractivity contribution in [3.05, 3.63) is 35.4 Å².